The maximum atomic E-state index is 10.5. The lowest BCUT2D eigenvalue weighted by Gasteiger charge is -1.92. The van der Waals surface area contributed by atoms with Crippen LogP contribution in [0.5, 0.6) is 0 Å². The molecule has 0 unspecified atom stereocenters. The molecule has 4 nitrogen and oxygen atoms in total. The fourth-order valence-corrected chi connectivity index (χ4v) is 1.92. The summed E-state index contributed by atoms with van der Waals surface area (Å²) in [4.78, 5) is 14.9. The van der Waals surface area contributed by atoms with Crippen LogP contribution in [0, 0.1) is 0 Å². The molecule has 20 heavy (non-hydrogen) atoms. The van der Waals surface area contributed by atoms with Crippen molar-refractivity contribution in [1.29, 1.82) is 0 Å². The van der Waals surface area contributed by atoms with Crippen LogP contribution in [0.25, 0.3) is 28.6 Å². The highest BCUT2D eigenvalue weighted by Crippen LogP contribution is 2.25. The zero-order valence-corrected chi connectivity index (χ0v) is 10.5. The number of hydrogen-bond donors (Lipinski definition) is 1. The van der Waals surface area contributed by atoms with E-state index < -0.39 is 5.97 Å². The molecule has 1 heterocycles. The van der Waals surface area contributed by atoms with Crippen LogP contribution in [-0.4, -0.2) is 16.1 Å². The second-order valence-electron chi connectivity index (χ2n) is 4.28. The van der Waals surface area contributed by atoms with Crippen molar-refractivity contribution in [3.63, 3.8) is 0 Å². The second kappa shape index (κ2) is 5.01. The third-order valence-corrected chi connectivity index (χ3v) is 2.85. The Morgan fingerprint density at radius 1 is 1.15 bits per heavy atom. The van der Waals surface area contributed by atoms with Crippen LogP contribution in [0.3, 0.4) is 0 Å². The number of rotatable bonds is 3. The summed E-state index contributed by atoms with van der Waals surface area (Å²) in [5, 5.41) is 8.62. The Balaban J connectivity index is 2.02. The molecule has 0 aliphatic rings. The lowest BCUT2D eigenvalue weighted by atomic mass is 10.2. The van der Waals surface area contributed by atoms with E-state index in [1.165, 1.54) is 6.08 Å². The largest absolute Gasteiger partial charge is 0.478 e. The molecule has 0 atom stereocenters. The minimum absolute atomic E-state index is 0.556. The third kappa shape index (κ3) is 2.44. The molecule has 0 saturated carbocycles. The molecular weight excluding hydrogens is 254 g/mol. The molecule has 98 valence electrons. The SMILES string of the molecule is O=C(O)/C=C/c1ccc2nc(-c3ccccc3)oc2c1. The van der Waals surface area contributed by atoms with Crippen LogP contribution in [0.15, 0.2) is 59.0 Å². The maximum absolute atomic E-state index is 10.5. The number of aliphatic carboxylic acids is 1. The second-order valence-corrected chi connectivity index (χ2v) is 4.28. The summed E-state index contributed by atoms with van der Waals surface area (Å²) in [6.45, 7) is 0. The van der Waals surface area contributed by atoms with Crippen LogP contribution in [-0.2, 0) is 4.79 Å². The van der Waals surface area contributed by atoms with Crippen molar-refractivity contribution in [2.45, 2.75) is 0 Å². The van der Waals surface area contributed by atoms with E-state index >= 15 is 0 Å². The standard InChI is InChI=1S/C16H11NO3/c18-15(19)9-7-11-6-8-13-14(10-11)20-16(17-13)12-4-2-1-3-5-12/h1-10H,(H,18,19)/b9-7+. The molecule has 0 saturated heterocycles. The van der Waals surface area contributed by atoms with E-state index in [1.54, 1.807) is 12.1 Å². The van der Waals surface area contributed by atoms with Gasteiger partial charge in [-0.05, 0) is 35.9 Å². The highest BCUT2D eigenvalue weighted by molar-refractivity contribution is 5.86. The van der Waals surface area contributed by atoms with Crippen LogP contribution < -0.4 is 0 Å². The van der Waals surface area contributed by atoms with Gasteiger partial charge in [-0.15, -0.1) is 0 Å². The first kappa shape index (κ1) is 12.2. The van der Waals surface area contributed by atoms with Gasteiger partial charge in [0, 0.05) is 11.6 Å². The number of carboxylic acids is 1. The van der Waals surface area contributed by atoms with Gasteiger partial charge in [-0.2, -0.15) is 0 Å². The zero-order chi connectivity index (χ0) is 13.9. The number of carbonyl (C=O) groups is 1. The highest BCUT2D eigenvalue weighted by atomic mass is 16.4. The monoisotopic (exact) mass is 265 g/mol. The van der Waals surface area contributed by atoms with Crippen molar-refractivity contribution in [2.24, 2.45) is 0 Å². The van der Waals surface area contributed by atoms with Gasteiger partial charge in [0.2, 0.25) is 5.89 Å². The summed E-state index contributed by atoms with van der Waals surface area (Å²) in [6, 6.07) is 15.0. The molecule has 2 aromatic carbocycles. The van der Waals surface area contributed by atoms with Gasteiger partial charge in [0.1, 0.15) is 5.52 Å². The normalized spacial score (nSPS) is 11.2. The molecule has 4 heteroatoms. The van der Waals surface area contributed by atoms with E-state index in [0.717, 1.165) is 22.7 Å². The fraction of sp³-hybridized carbons (Fsp3) is 0. The number of nitrogens with zero attached hydrogens (tertiary/aromatic N) is 1. The van der Waals surface area contributed by atoms with Gasteiger partial charge in [-0.25, -0.2) is 9.78 Å². The highest BCUT2D eigenvalue weighted by Gasteiger charge is 2.07. The van der Waals surface area contributed by atoms with E-state index in [4.69, 9.17) is 9.52 Å². The van der Waals surface area contributed by atoms with Gasteiger partial charge in [0.05, 0.1) is 0 Å². The van der Waals surface area contributed by atoms with Crippen LogP contribution in [0.2, 0.25) is 0 Å². The molecular formula is C16H11NO3. The number of oxazole rings is 1. The van der Waals surface area contributed by atoms with Gasteiger partial charge in [0.15, 0.2) is 5.58 Å². The molecule has 0 fully saturated rings. The molecule has 0 spiro atoms. The van der Waals surface area contributed by atoms with Crippen molar-refractivity contribution >= 4 is 23.1 Å². The van der Waals surface area contributed by atoms with Crippen molar-refractivity contribution in [1.82, 2.24) is 4.98 Å². The van der Waals surface area contributed by atoms with E-state index in [2.05, 4.69) is 4.98 Å². The van der Waals surface area contributed by atoms with Crippen molar-refractivity contribution in [3.8, 4) is 11.5 Å². The first-order valence-corrected chi connectivity index (χ1v) is 6.09. The predicted molar refractivity (Wildman–Crippen MR) is 76.1 cm³/mol. The lowest BCUT2D eigenvalue weighted by molar-refractivity contribution is -0.131. The van der Waals surface area contributed by atoms with Gasteiger partial charge < -0.3 is 9.52 Å². The Kier molecular flexibility index (Phi) is 3.05. The van der Waals surface area contributed by atoms with Crippen molar-refractivity contribution < 1.29 is 14.3 Å². The van der Waals surface area contributed by atoms with E-state index in [0.29, 0.717) is 11.5 Å². The smallest absolute Gasteiger partial charge is 0.328 e. The molecule has 0 radical (unpaired) electrons. The Morgan fingerprint density at radius 3 is 2.70 bits per heavy atom. The molecule has 0 aliphatic heterocycles. The fourth-order valence-electron chi connectivity index (χ4n) is 1.92. The van der Waals surface area contributed by atoms with Crippen molar-refractivity contribution in [2.75, 3.05) is 0 Å². The van der Waals surface area contributed by atoms with E-state index in [-0.39, 0.29) is 0 Å². The average molecular weight is 265 g/mol. The summed E-state index contributed by atoms with van der Waals surface area (Å²) < 4.78 is 5.71. The Bertz CT molecular complexity index is 788. The Hall–Kier alpha value is -2.88. The summed E-state index contributed by atoms with van der Waals surface area (Å²) in [6.07, 6.45) is 2.61. The molecule has 0 amide bonds. The average Bonchev–Trinajstić information content (AvgIpc) is 2.89. The predicted octanol–water partition coefficient (Wildman–Crippen LogP) is 3.59. The first-order valence-electron chi connectivity index (χ1n) is 6.09. The summed E-state index contributed by atoms with van der Waals surface area (Å²) >= 11 is 0. The van der Waals surface area contributed by atoms with Gasteiger partial charge >= 0.3 is 5.97 Å². The number of benzene rings is 2. The Labute approximate surface area is 115 Å². The minimum atomic E-state index is -0.979. The molecule has 0 bridgehead atoms. The van der Waals surface area contributed by atoms with E-state index in [9.17, 15) is 4.79 Å². The Morgan fingerprint density at radius 2 is 1.95 bits per heavy atom. The number of fused-ring (bicyclic) bond motifs is 1. The molecule has 3 rings (SSSR count). The third-order valence-electron chi connectivity index (χ3n) is 2.85. The van der Waals surface area contributed by atoms with Crippen LogP contribution >= 0.6 is 0 Å². The molecule has 3 aromatic rings. The minimum Gasteiger partial charge on any atom is -0.478 e. The molecule has 1 N–H and O–H groups in total. The summed E-state index contributed by atoms with van der Waals surface area (Å²) in [7, 11) is 0. The number of carboxylic acid groups (broad SMARTS) is 1. The first-order chi connectivity index (χ1) is 9.72. The topological polar surface area (TPSA) is 63.3 Å². The molecule has 1 aromatic heterocycles. The maximum Gasteiger partial charge on any atom is 0.328 e. The van der Waals surface area contributed by atoms with Crippen molar-refractivity contribution in [3.05, 3.63) is 60.2 Å². The number of hydrogen-bond acceptors (Lipinski definition) is 3. The summed E-state index contributed by atoms with van der Waals surface area (Å²) in [5.41, 5.74) is 3.05. The van der Waals surface area contributed by atoms with Crippen LogP contribution in [0.1, 0.15) is 5.56 Å². The zero-order valence-electron chi connectivity index (χ0n) is 10.5. The van der Waals surface area contributed by atoms with Gasteiger partial charge in [-0.1, -0.05) is 24.3 Å². The van der Waals surface area contributed by atoms with Gasteiger partial charge in [-0.3, -0.25) is 0 Å². The summed E-state index contributed by atoms with van der Waals surface area (Å²) in [5.74, 6) is -0.424. The lowest BCUT2D eigenvalue weighted by Crippen LogP contribution is -1.85. The quantitative estimate of drug-likeness (QED) is 0.735. The van der Waals surface area contributed by atoms with Gasteiger partial charge in [0.25, 0.3) is 0 Å². The number of aromatic nitrogens is 1. The van der Waals surface area contributed by atoms with Crippen LogP contribution in [0.4, 0.5) is 0 Å². The molecule has 0 aliphatic carbocycles. The van der Waals surface area contributed by atoms with E-state index in [1.807, 2.05) is 36.4 Å².